The van der Waals surface area contributed by atoms with Crippen LogP contribution in [0.25, 0.3) is 0 Å². The van der Waals surface area contributed by atoms with Crippen molar-refractivity contribution >= 4 is 39.2 Å². The number of halogens is 2. The van der Waals surface area contributed by atoms with Crippen molar-refractivity contribution in [1.29, 1.82) is 0 Å². The molecule has 0 amide bonds. The highest BCUT2D eigenvalue weighted by Gasteiger charge is 2.21. The summed E-state index contributed by atoms with van der Waals surface area (Å²) in [4.78, 5) is 20.3. The van der Waals surface area contributed by atoms with Crippen LogP contribution in [-0.2, 0) is 0 Å². The number of nitrogens with zero attached hydrogens (tertiary/aromatic N) is 1. The van der Waals surface area contributed by atoms with E-state index in [1.807, 2.05) is 0 Å². The average molecular weight is 280 g/mol. The predicted octanol–water partition coefficient (Wildman–Crippen LogP) is 2.71. The standard InChI is InChI=1S/C7H3BrClNO4/c8-4-2-6(10(13)14)3(7(11)12)1-5(4)9/h1-2H,(H,11,12). The fraction of sp³-hybridized carbons (Fsp3) is 0. The maximum atomic E-state index is 10.6. The van der Waals surface area contributed by atoms with Gasteiger partial charge in [-0.05, 0) is 22.0 Å². The molecule has 0 bridgehead atoms. The molecule has 0 atom stereocenters. The number of rotatable bonds is 2. The first-order valence-corrected chi connectivity index (χ1v) is 4.47. The summed E-state index contributed by atoms with van der Waals surface area (Å²) in [6.45, 7) is 0. The lowest BCUT2D eigenvalue weighted by Gasteiger charge is -2.00. The Morgan fingerprint density at radius 3 is 2.57 bits per heavy atom. The Balaban J connectivity index is 3.46. The number of carbonyl (C=O) groups is 1. The molecule has 74 valence electrons. The van der Waals surface area contributed by atoms with Crippen LogP contribution in [0, 0.1) is 10.1 Å². The molecule has 0 radical (unpaired) electrons. The van der Waals surface area contributed by atoms with Gasteiger partial charge in [0.05, 0.1) is 9.95 Å². The van der Waals surface area contributed by atoms with Gasteiger partial charge in [-0.15, -0.1) is 0 Å². The van der Waals surface area contributed by atoms with Crippen molar-refractivity contribution in [1.82, 2.24) is 0 Å². The van der Waals surface area contributed by atoms with Gasteiger partial charge in [-0.3, -0.25) is 10.1 Å². The third-order valence-corrected chi connectivity index (χ3v) is 2.66. The summed E-state index contributed by atoms with van der Waals surface area (Å²) in [6, 6.07) is 2.10. The fourth-order valence-electron chi connectivity index (χ4n) is 0.859. The molecule has 0 fully saturated rings. The molecule has 14 heavy (non-hydrogen) atoms. The number of carboxylic acid groups (broad SMARTS) is 1. The molecule has 0 aliphatic carbocycles. The van der Waals surface area contributed by atoms with Crippen molar-refractivity contribution in [2.45, 2.75) is 0 Å². The Kier molecular flexibility index (Phi) is 3.07. The molecule has 0 saturated carbocycles. The second kappa shape index (κ2) is 3.93. The van der Waals surface area contributed by atoms with Gasteiger partial charge < -0.3 is 5.11 Å². The van der Waals surface area contributed by atoms with E-state index in [1.165, 1.54) is 0 Å². The normalized spacial score (nSPS) is 9.86. The molecule has 1 rings (SSSR count). The number of carboxylic acids is 1. The third kappa shape index (κ3) is 2.02. The topological polar surface area (TPSA) is 80.4 Å². The minimum absolute atomic E-state index is 0.119. The van der Waals surface area contributed by atoms with E-state index in [2.05, 4.69) is 15.9 Å². The summed E-state index contributed by atoms with van der Waals surface area (Å²) in [5.74, 6) is -1.38. The van der Waals surface area contributed by atoms with E-state index in [9.17, 15) is 14.9 Å². The van der Waals surface area contributed by atoms with Crippen LogP contribution in [0.4, 0.5) is 5.69 Å². The Labute approximate surface area is 91.6 Å². The van der Waals surface area contributed by atoms with Crippen molar-refractivity contribution in [3.8, 4) is 0 Å². The summed E-state index contributed by atoms with van der Waals surface area (Å²) >= 11 is 8.57. The molecule has 0 aromatic heterocycles. The molecular weight excluding hydrogens is 277 g/mol. The highest BCUT2D eigenvalue weighted by atomic mass is 79.9. The summed E-state index contributed by atoms with van der Waals surface area (Å²) in [5, 5.41) is 19.2. The van der Waals surface area contributed by atoms with Gasteiger partial charge in [0.2, 0.25) is 0 Å². The molecule has 1 N–H and O–H groups in total. The lowest BCUT2D eigenvalue weighted by molar-refractivity contribution is -0.385. The molecule has 0 unspecified atom stereocenters. The van der Waals surface area contributed by atoms with E-state index in [0.29, 0.717) is 0 Å². The second-order valence-electron chi connectivity index (χ2n) is 2.35. The van der Waals surface area contributed by atoms with Crippen LogP contribution in [-0.4, -0.2) is 16.0 Å². The molecule has 0 heterocycles. The highest BCUT2D eigenvalue weighted by Crippen LogP contribution is 2.30. The zero-order valence-corrected chi connectivity index (χ0v) is 8.87. The van der Waals surface area contributed by atoms with Crippen LogP contribution in [0.3, 0.4) is 0 Å². The fourth-order valence-corrected chi connectivity index (χ4v) is 1.35. The zero-order valence-electron chi connectivity index (χ0n) is 6.53. The van der Waals surface area contributed by atoms with Gasteiger partial charge in [0.25, 0.3) is 5.69 Å². The summed E-state index contributed by atoms with van der Waals surface area (Å²) in [6.07, 6.45) is 0. The maximum absolute atomic E-state index is 10.6. The Morgan fingerprint density at radius 2 is 2.14 bits per heavy atom. The maximum Gasteiger partial charge on any atom is 0.342 e. The van der Waals surface area contributed by atoms with Gasteiger partial charge in [0.15, 0.2) is 0 Å². The predicted molar refractivity (Wildman–Crippen MR) is 52.8 cm³/mol. The molecular formula is C7H3BrClNO4. The van der Waals surface area contributed by atoms with Gasteiger partial charge in [0.1, 0.15) is 5.56 Å². The quantitative estimate of drug-likeness (QED) is 0.667. The van der Waals surface area contributed by atoms with Crippen molar-refractivity contribution in [2.24, 2.45) is 0 Å². The second-order valence-corrected chi connectivity index (χ2v) is 3.61. The highest BCUT2D eigenvalue weighted by molar-refractivity contribution is 9.10. The van der Waals surface area contributed by atoms with Crippen molar-refractivity contribution < 1.29 is 14.8 Å². The summed E-state index contributed by atoms with van der Waals surface area (Å²) < 4.78 is 0.288. The lowest BCUT2D eigenvalue weighted by Crippen LogP contribution is -2.02. The summed E-state index contributed by atoms with van der Waals surface area (Å²) in [5.41, 5.74) is -0.919. The van der Waals surface area contributed by atoms with Crippen LogP contribution in [0.5, 0.6) is 0 Å². The first-order chi connectivity index (χ1) is 6.43. The first-order valence-electron chi connectivity index (χ1n) is 3.30. The zero-order chi connectivity index (χ0) is 10.9. The molecule has 5 nitrogen and oxygen atoms in total. The third-order valence-electron chi connectivity index (χ3n) is 1.47. The van der Waals surface area contributed by atoms with Crippen molar-refractivity contribution in [2.75, 3.05) is 0 Å². The van der Waals surface area contributed by atoms with Crippen LogP contribution in [0.1, 0.15) is 10.4 Å². The van der Waals surface area contributed by atoms with Gasteiger partial charge in [-0.1, -0.05) is 11.6 Å². The molecule has 1 aromatic carbocycles. The number of nitro groups is 1. The van der Waals surface area contributed by atoms with Gasteiger partial charge in [0, 0.05) is 10.5 Å². The van der Waals surface area contributed by atoms with E-state index in [1.54, 1.807) is 0 Å². The monoisotopic (exact) mass is 279 g/mol. The molecule has 1 aromatic rings. The largest absolute Gasteiger partial charge is 0.477 e. The van der Waals surface area contributed by atoms with E-state index in [4.69, 9.17) is 16.7 Å². The van der Waals surface area contributed by atoms with Crippen LogP contribution >= 0.6 is 27.5 Å². The number of benzene rings is 1. The number of nitro benzene ring substituents is 1. The van der Waals surface area contributed by atoms with E-state index >= 15 is 0 Å². The number of hydrogen-bond acceptors (Lipinski definition) is 3. The van der Waals surface area contributed by atoms with Gasteiger partial charge >= 0.3 is 5.97 Å². The number of hydrogen-bond donors (Lipinski definition) is 1. The molecule has 0 aliphatic rings. The molecule has 0 spiro atoms. The SMILES string of the molecule is O=C(O)c1cc(Cl)c(Br)cc1[N+](=O)[O-]. The lowest BCUT2D eigenvalue weighted by atomic mass is 10.2. The van der Waals surface area contributed by atoms with Crippen LogP contribution in [0.2, 0.25) is 5.02 Å². The van der Waals surface area contributed by atoms with Crippen molar-refractivity contribution in [3.63, 3.8) is 0 Å². The van der Waals surface area contributed by atoms with E-state index in [0.717, 1.165) is 12.1 Å². The molecule has 0 aliphatic heterocycles. The van der Waals surface area contributed by atoms with Crippen LogP contribution in [0.15, 0.2) is 16.6 Å². The van der Waals surface area contributed by atoms with Crippen LogP contribution < -0.4 is 0 Å². The van der Waals surface area contributed by atoms with Crippen molar-refractivity contribution in [3.05, 3.63) is 37.3 Å². The van der Waals surface area contributed by atoms with Gasteiger partial charge in [-0.2, -0.15) is 0 Å². The minimum atomic E-state index is -1.38. The summed E-state index contributed by atoms with van der Waals surface area (Å²) in [7, 11) is 0. The van der Waals surface area contributed by atoms with E-state index < -0.39 is 22.1 Å². The first kappa shape index (κ1) is 10.9. The van der Waals surface area contributed by atoms with Gasteiger partial charge in [-0.25, -0.2) is 4.79 Å². The molecule has 7 heteroatoms. The molecule has 0 saturated heterocycles. The number of aromatic carboxylic acids is 1. The smallest absolute Gasteiger partial charge is 0.342 e. The Bertz CT molecular complexity index is 381. The Hall–Kier alpha value is -1.14. The van der Waals surface area contributed by atoms with E-state index in [-0.39, 0.29) is 9.50 Å². The minimum Gasteiger partial charge on any atom is -0.477 e. The average Bonchev–Trinajstić information content (AvgIpc) is 2.08. The Morgan fingerprint density at radius 1 is 1.57 bits per heavy atom.